The lowest BCUT2D eigenvalue weighted by Gasteiger charge is -2.44. The summed E-state index contributed by atoms with van der Waals surface area (Å²) < 4.78 is 4.66. The summed E-state index contributed by atoms with van der Waals surface area (Å²) in [7, 11) is 1.54. The largest absolute Gasteiger partial charge is 0.469 e. The van der Waals surface area contributed by atoms with E-state index in [9.17, 15) is 9.59 Å². The molecule has 8 heteroatoms. The number of nitrogens with one attached hydrogen (secondary N) is 1. The number of methoxy groups -OCH3 is 1. The molecule has 0 radical (unpaired) electrons. The second-order valence-corrected chi connectivity index (χ2v) is 22.4. The van der Waals surface area contributed by atoms with Gasteiger partial charge in [0.25, 0.3) is 0 Å². The molecule has 2 aliphatic rings. The fourth-order valence-corrected chi connectivity index (χ4v) is 15.1. The van der Waals surface area contributed by atoms with E-state index in [-0.39, 0.29) is 29.8 Å². The number of piperidine rings is 1. The first-order valence-electron chi connectivity index (χ1n) is 26.4. The lowest BCUT2D eigenvalue weighted by molar-refractivity contribution is -0.150. The molecule has 2 aliphatic heterocycles. The molecule has 0 aromatic heterocycles. The van der Waals surface area contributed by atoms with Crippen LogP contribution in [0, 0.1) is 5.92 Å². The maximum Gasteiger partial charge on any atom is 0.310 e. The second kappa shape index (κ2) is 24.3. The van der Waals surface area contributed by atoms with Crippen LogP contribution in [0.15, 0.2) is 224 Å². The highest BCUT2D eigenvalue weighted by molar-refractivity contribution is 8.00. The topological polar surface area (TPSA) is 61.9 Å². The number of carbonyl (C=O) groups excluding carboxylic acids is 2. The van der Waals surface area contributed by atoms with Crippen LogP contribution in [0.1, 0.15) is 70.5 Å². The molecule has 1 amide bonds. The zero-order chi connectivity index (χ0) is 50.6. The smallest absolute Gasteiger partial charge is 0.310 e. The summed E-state index contributed by atoms with van der Waals surface area (Å²) in [5.74, 6) is 1.30. The Hall–Kier alpha value is -6.42. The van der Waals surface area contributed by atoms with E-state index < -0.39 is 9.49 Å². The van der Waals surface area contributed by atoms with E-state index in [0.717, 1.165) is 51.1 Å². The van der Waals surface area contributed by atoms with Crippen molar-refractivity contribution >= 4 is 46.2 Å². The molecule has 4 atom stereocenters. The second-order valence-electron chi connectivity index (χ2n) is 19.8. The van der Waals surface area contributed by atoms with E-state index in [2.05, 4.69) is 240 Å². The Morgan fingerprint density at radius 2 is 1.03 bits per heavy atom. The van der Waals surface area contributed by atoms with Crippen LogP contribution in [0.25, 0.3) is 10.8 Å². The summed E-state index contributed by atoms with van der Waals surface area (Å²) in [6, 6.07) is 80.5. The van der Waals surface area contributed by atoms with E-state index in [4.69, 9.17) is 4.74 Å². The van der Waals surface area contributed by atoms with Gasteiger partial charge in [0, 0.05) is 42.6 Å². The van der Waals surface area contributed by atoms with E-state index in [1.165, 1.54) is 49.7 Å². The molecule has 6 nitrogen and oxygen atoms in total. The molecule has 8 aromatic rings. The molecule has 10 rings (SSSR count). The van der Waals surface area contributed by atoms with Crippen molar-refractivity contribution in [2.45, 2.75) is 53.2 Å². The molecule has 2 saturated heterocycles. The predicted molar refractivity (Wildman–Crippen MR) is 308 cm³/mol. The average Bonchev–Trinajstić information content (AvgIpc) is 3.74. The molecular weight excluding hydrogens is 947 g/mol. The van der Waals surface area contributed by atoms with Crippen LogP contribution >= 0.6 is 23.5 Å². The summed E-state index contributed by atoms with van der Waals surface area (Å²) in [6.07, 6.45) is 3.86. The maximum absolute atomic E-state index is 14.4. The molecule has 74 heavy (non-hydrogen) atoms. The third kappa shape index (κ3) is 11.0. The van der Waals surface area contributed by atoms with Crippen LogP contribution in [-0.2, 0) is 23.8 Å². The van der Waals surface area contributed by atoms with Gasteiger partial charge in [-0.05, 0) is 88.5 Å². The first-order chi connectivity index (χ1) is 36.5. The number of amides is 1. The Morgan fingerprint density at radius 1 is 0.568 bits per heavy atom. The Labute approximate surface area is 446 Å². The summed E-state index contributed by atoms with van der Waals surface area (Å²) >= 11 is 3.81. The third-order valence-corrected chi connectivity index (χ3v) is 18.6. The quantitative estimate of drug-likeness (QED) is 0.0412. The van der Waals surface area contributed by atoms with Crippen LogP contribution in [0.3, 0.4) is 0 Å². The Balaban J connectivity index is 0.874. The predicted octanol–water partition coefficient (Wildman–Crippen LogP) is 13.2. The number of carbonyl (C=O) groups is 2. The summed E-state index contributed by atoms with van der Waals surface area (Å²) in [5, 5.41) is 5.79. The number of esters is 1. The van der Waals surface area contributed by atoms with Crippen LogP contribution in [-0.4, -0.2) is 85.1 Å². The molecule has 0 aliphatic carbocycles. The van der Waals surface area contributed by atoms with E-state index in [1.54, 1.807) is 7.11 Å². The van der Waals surface area contributed by atoms with E-state index in [1.807, 2.05) is 23.5 Å². The minimum Gasteiger partial charge on any atom is -0.469 e. The van der Waals surface area contributed by atoms with Crippen molar-refractivity contribution in [1.29, 1.82) is 0 Å². The Morgan fingerprint density at radius 3 is 1.51 bits per heavy atom. The fraction of sp³-hybridized carbons (Fsp3) is 0.273. The van der Waals surface area contributed by atoms with Gasteiger partial charge in [0.15, 0.2) is 0 Å². The molecule has 1 N–H and O–H groups in total. The lowest BCUT2D eigenvalue weighted by atomic mass is 9.75. The van der Waals surface area contributed by atoms with Crippen LogP contribution in [0.4, 0.5) is 0 Å². The highest BCUT2D eigenvalue weighted by Gasteiger charge is 2.51. The highest BCUT2D eigenvalue weighted by Crippen LogP contribution is 2.51. The molecule has 8 aromatic carbocycles. The average molecular weight is 1010 g/mol. The molecule has 2 fully saturated rings. The van der Waals surface area contributed by atoms with Crippen LogP contribution < -0.4 is 5.32 Å². The normalized spacial score (nSPS) is 17.8. The first kappa shape index (κ1) is 51.1. The molecule has 0 saturated carbocycles. The van der Waals surface area contributed by atoms with E-state index >= 15 is 0 Å². The SMILES string of the molecule is COC(=O)[C@@H]1[C@H]2CCC(C[C@H]1c1ccc3ccccc3c1)N2CCCN(CCSC(c1ccccc1)(c1ccccc1)c1ccccc1)CC(=O)NCCSC(c1ccccc1)(c1ccccc1)c1ccccc1. The van der Waals surface area contributed by atoms with Crippen LogP contribution in [0.5, 0.6) is 0 Å². The van der Waals surface area contributed by atoms with Gasteiger partial charge >= 0.3 is 5.97 Å². The third-order valence-electron chi connectivity index (χ3n) is 15.5. The monoisotopic (exact) mass is 1010 g/mol. The van der Waals surface area contributed by atoms with Crippen molar-refractivity contribution in [3.05, 3.63) is 263 Å². The van der Waals surface area contributed by atoms with Crippen molar-refractivity contribution in [2.75, 3.05) is 51.3 Å². The molecule has 2 heterocycles. The number of ether oxygens (including phenoxy) is 1. The zero-order valence-electron chi connectivity index (χ0n) is 42.4. The minimum absolute atomic E-state index is 0.0304. The van der Waals surface area contributed by atoms with Crippen molar-refractivity contribution in [3.63, 3.8) is 0 Å². The van der Waals surface area contributed by atoms with Gasteiger partial charge in [-0.15, -0.1) is 23.5 Å². The standard InChI is InChI=1S/C66H67N3O3S2/c1-72-64(71)63-60(52-38-37-50-23-20-21-24-51(50)47-52)48-59-39-40-61(63)69(59)43-22-42-68(44-46-74-66(56-31-14-5-15-32-56,57-33-16-6-17-34-57)58-35-18-7-19-36-58)49-62(70)67-41-45-73-65(53-25-8-2-9-26-53,54-27-10-3-11-28-54)55-29-12-4-13-30-55/h2-21,23-38,47,59-61,63H,22,39-46,48-49H2,1H3,(H,67,70)/t59?,60-,61+,63-/m0/s1. The van der Waals surface area contributed by atoms with Gasteiger partial charge in [-0.3, -0.25) is 19.4 Å². The summed E-state index contributed by atoms with van der Waals surface area (Å²) in [6.45, 7) is 3.16. The highest BCUT2D eigenvalue weighted by atomic mass is 32.2. The minimum atomic E-state index is -0.463. The molecule has 1 unspecified atom stereocenters. The zero-order valence-corrected chi connectivity index (χ0v) is 44.0. The number of hydrogen-bond donors (Lipinski definition) is 1. The van der Waals surface area contributed by atoms with Gasteiger partial charge in [-0.25, -0.2) is 0 Å². The lowest BCUT2D eigenvalue weighted by Crippen LogP contribution is -2.51. The molecule has 376 valence electrons. The van der Waals surface area contributed by atoms with Crippen molar-refractivity contribution in [3.8, 4) is 0 Å². The summed E-state index contributed by atoms with van der Waals surface area (Å²) in [5.41, 5.74) is 8.53. The van der Waals surface area contributed by atoms with Gasteiger partial charge in [0.05, 0.1) is 29.1 Å². The van der Waals surface area contributed by atoms with Crippen molar-refractivity contribution in [1.82, 2.24) is 15.1 Å². The van der Waals surface area contributed by atoms with Gasteiger partial charge in [-0.1, -0.05) is 224 Å². The number of hydrogen-bond acceptors (Lipinski definition) is 7. The van der Waals surface area contributed by atoms with E-state index in [0.29, 0.717) is 24.9 Å². The molecule has 2 bridgehead atoms. The summed E-state index contributed by atoms with van der Waals surface area (Å²) in [4.78, 5) is 33.2. The van der Waals surface area contributed by atoms with Gasteiger partial charge in [0.2, 0.25) is 5.91 Å². The number of thioether (sulfide) groups is 2. The number of rotatable bonds is 22. The number of benzene rings is 8. The number of nitrogens with zero attached hydrogens (tertiary/aromatic N) is 2. The number of fused-ring (bicyclic) bond motifs is 3. The Kier molecular flexibility index (Phi) is 16.8. The molecule has 0 spiro atoms. The van der Waals surface area contributed by atoms with Gasteiger partial charge in [0.1, 0.15) is 0 Å². The van der Waals surface area contributed by atoms with Crippen LogP contribution in [0.2, 0.25) is 0 Å². The molecular formula is C66H67N3O3S2. The van der Waals surface area contributed by atoms with Gasteiger partial charge < -0.3 is 10.1 Å². The maximum atomic E-state index is 14.4. The van der Waals surface area contributed by atoms with Crippen molar-refractivity contribution in [2.24, 2.45) is 5.92 Å². The fourth-order valence-electron chi connectivity index (χ4n) is 12.2. The van der Waals surface area contributed by atoms with Gasteiger partial charge in [-0.2, -0.15) is 0 Å². The van der Waals surface area contributed by atoms with Crippen molar-refractivity contribution < 1.29 is 14.3 Å². The Bertz CT molecular complexity index is 2840. The first-order valence-corrected chi connectivity index (χ1v) is 28.4.